The van der Waals surface area contributed by atoms with Crippen molar-refractivity contribution in [3.63, 3.8) is 0 Å². The largest absolute Gasteiger partial charge is 0.493 e. The van der Waals surface area contributed by atoms with Crippen LogP contribution < -0.4 is 14.8 Å². The summed E-state index contributed by atoms with van der Waals surface area (Å²) in [6, 6.07) is 11.8. The Kier molecular flexibility index (Phi) is 8.81. The number of thiophene rings is 1. The first kappa shape index (κ1) is 26.0. The Bertz CT molecular complexity index is 1250. The van der Waals surface area contributed by atoms with Crippen molar-refractivity contribution in [1.82, 2.24) is 0 Å². The number of carbonyl (C=O) groups is 1. The van der Waals surface area contributed by atoms with Crippen LogP contribution in [0.2, 0.25) is 0 Å². The van der Waals surface area contributed by atoms with Crippen LogP contribution in [0, 0.1) is 13.8 Å². The number of methoxy groups -OCH3 is 1. The second-order valence-corrected chi connectivity index (χ2v) is 10.4. The first-order valence-electron chi connectivity index (χ1n) is 12.9. The highest BCUT2D eigenvalue weighted by Crippen LogP contribution is 2.40. The van der Waals surface area contributed by atoms with Crippen LogP contribution in [0.3, 0.4) is 0 Å². The number of amides is 1. The van der Waals surface area contributed by atoms with Crippen LogP contribution in [0.5, 0.6) is 11.5 Å². The van der Waals surface area contributed by atoms with E-state index in [1.165, 1.54) is 23.3 Å². The Morgan fingerprint density at radius 2 is 1.86 bits per heavy atom. The molecule has 0 saturated carbocycles. The number of ether oxygens (including phenoxy) is 2. The van der Waals surface area contributed by atoms with Crippen molar-refractivity contribution in [1.29, 1.82) is 0 Å². The number of rotatable bonds is 8. The van der Waals surface area contributed by atoms with Crippen molar-refractivity contribution >= 4 is 34.1 Å². The molecule has 0 radical (unpaired) electrons. The van der Waals surface area contributed by atoms with E-state index in [4.69, 9.17) is 14.5 Å². The normalized spacial score (nSPS) is 13.7. The maximum atomic E-state index is 13.7. The van der Waals surface area contributed by atoms with E-state index in [0.29, 0.717) is 23.7 Å². The van der Waals surface area contributed by atoms with E-state index in [-0.39, 0.29) is 5.91 Å². The van der Waals surface area contributed by atoms with Gasteiger partial charge in [0, 0.05) is 22.3 Å². The smallest absolute Gasteiger partial charge is 0.259 e. The van der Waals surface area contributed by atoms with E-state index in [1.807, 2.05) is 37.3 Å². The van der Waals surface area contributed by atoms with Gasteiger partial charge in [0.15, 0.2) is 11.5 Å². The highest BCUT2D eigenvalue weighted by atomic mass is 32.1. The van der Waals surface area contributed by atoms with Crippen molar-refractivity contribution in [2.75, 3.05) is 19.0 Å². The number of hydrogen-bond acceptors (Lipinski definition) is 5. The number of aliphatic imine (C=N–C) groups is 1. The van der Waals surface area contributed by atoms with Gasteiger partial charge in [-0.3, -0.25) is 4.79 Å². The Labute approximate surface area is 218 Å². The molecule has 1 amide bonds. The number of nitrogens with zero attached hydrogens (tertiary/aromatic N) is 1. The zero-order valence-electron chi connectivity index (χ0n) is 21.8. The summed E-state index contributed by atoms with van der Waals surface area (Å²) >= 11 is 1.65. The zero-order valence-corrected chi connectivity index (χ0v) is 22.6. The molecule has 1 N–H and O–H groups in total. The number of carbonyl (C=O) groups excluding carboxylic acids is 1. The van der Waals surface area contributed by atoms with Crippen molar-refractivity contribution in [3.8, 4) is 11.5 Å². The highest BCUT2D eigenvalue weighted by molar-refractivity contribution is 7.16. The van der Waals surface area contributed by atoms with E-state index in [0.717, 1.165) is 59.5 Å². The molecule has 1 aliphatic carbocycles. The molecule has 0 spiro atoms. The molecule has 0 aliphatic heterocycles. The number of fused-ring (bicyclic) bond motifs is 1. The molecular formula is C30H36N2O3S. The second kappa shape index (κ2) is 12.2. The van der Waals surface area contributed by atoms with Gasteiger partial charge in [-0.1, -0.05) is 38.0 Å². The van der Waals surface area contributed by atoms with E-state index >= 15 is 0 Å². The zero-order chi connectivity index (χ0) is 25.5. The molecule has 2 aromatic carbocycles. The second-order valence-electron chi connectivity index (χ2n) is 9.29. The third-order valence-electron chi connectivity index (χ3n) is 6.73. The predicted octanol–water partition coefficient (Wildman–Crippen LogP) is 7.82. The summed E-state index contributed by atoms with van der Waals surface area (Å²) < 4.78 is 11.5. The van der Waals surface area contributed by atoms with E-state index in [1.54, 1.807) is 24.7 Å². The average molecular weight is 505 g/mol. The molecular weight excluding hydrogens is 468 g/mol. The molecule has 0 unspecified atom stereocenters. The van der Waals surface area contributed by atoms with Crippen molar-refractivity contribution in [2.45, 2.75) is 65.7 Å². The third kappa shape index (κ3) is 5.81. The lowest BCUT2D eigenvalue weighted by Crippen LogP contribution is -2.15. The van der Waals surface area contributed by atoms with Gasteiger partial charge in [0.25, 0.3) is 5.91 Å². The summed E-state index contributed by atoms with van der Waals surface area (Å²) in [6.07, 6.45) is 9.32. The van der Waals surface area contributed by atoms with Gasteiger partial charge < -0.3 is 14.8 Å². The molecule has 6 heteroatoms. The quantitative estimate of drug-likeness (QED) is 0.318. The number of benzene rings is 2. The van der Waals surface area contributed by atoms with E-state index < -0.39 is 0 Å². The first-order valence-corrected chi connectivity index (χ1v) is 13.7. The number of anilines is 1. The standard InChI is InChI=1S/C30H36N2O3S/c1-5-18-35-28-22(13-11-16-25(28)34-4)19-31-30-27(23-14-8-6-7-9-17-26(23)36-30)29(33)32-24-15-10-12-20(2)21(24)3/h10-13,15-16,19H,5-9,14,17-18H2,1-4H3,(H,32,33). The van der Waals surface area contributed by atoms with Crippen LogP contribution in [0.15, 0.2) is 41.4 Å². The molecule has 36 heavy (non-hydrogen) atoms. The monoisotopic (exact) mass is 504 g/mol. The first-order chi connectivity index (χ1) is 17.5. The molecule has 0 saturated heterocycles. The Hall–Kier alpha value is -3.12. The minimum absolute atomic E-state index is 0.0815. The van der Waals surface area contributed by atoms with Crippen molar-refractivity contribution in [2.24, 2.45) is 4.99 Å². The van der Waals surface area contributed by atoms with Crippen LogP contribution in [0.4, 0.5) is 10.7 Å². The maximum absolute atomic E-state index is 13.7. The summed E-state index contributed by atoms with van der Waals surface area (Å²) in [7, 11) is 1.64. The van der Waals surface area contributed by atoms with Crippen molar-refractivity contribution < 1.29 is 14.3 Å². The molecule has 190 valence electrons. The maximum Gasteiger partial charge on any atom is 0.259 e. The topological polar surface area (TPSA) is 59.9 Å². The van der Waals surface area contributed by atoms with Crippen LogP contribution in [0.25, 0.3) is 0 Å². The molecule has 1 aliphatic rings. The van der Waals surface area contributed by atoms with Gasteiger partial charge in [-0.15, -0.1) is 11.3 Å². The number of nitrogens with one attached hydrogen (secondary N) is 1. The van der Waals surface area contributed by atoms with Gasteiger partial charge in [-0.2, -0.15) is 0 Å². The summed E-state index contributed by atoms with van der Waals surface area (Å²) in [4.78, 5) is 19.9. The molecule has 3 aromatic rings. The van der Waals surface area contributed by atoms with Crippen LogP contribution in [0.1, 0.15) is 76.5 Å². The van der Waals surface area contributed by atoms with Crippen LogP contribution >= 0.6 is 11.3 Å². The fourth-order valence-electron chi connectivity index (χ4n) is 4.58. The molecule has 1 aromatic heterocycles. The third-order valence-corrected chi connectivity index (χ3v) is 7.93. The van der Waals surface area contributed by atoms with Crippen molar-refractivity contribution in [3.05, 3.63) is 69.1 Å². The lowest BCUT2D eigenvalue weighted by molar-refractivity contribution is 0.102. The highest BCUT2D eigenvalue weighted by Gasteiger charge is 2.24. The van der Waals surface area contributed by atoms with Crippen LogP contribution in [-0.4, -0.2) is 25.8 Å². The Balaban J connectivity index is 1.74. The van der Waals surface area contributed by atoms with Gasteiger partial charge in [0.1, 0.15) is 5.00 Å². The average Bonchev–Trinajstić information content (AvgIpc) is 3.20. The SMILES string of the molecule is CCCOc1c(C=Nc2sc3c(c2C(=O)Nc2cccc(C)c2C)CCCCCC3)cccc1OC. The number of hydrogen-bond donors (Lipinski definition) is 1. The summed E-state index contributed by atoms with van der Waals surface area (Å²) in [5.41, 5.74) is 5.82. The minimum Gasteiger partial charge on any atom is -0.493 e. The lowest BCUT2D eigenvalue weighted by atomic mass is 9.96. The molecule has 4 rings (SSSR count). The summed E-state index contributed by atoms with van der Waals surface area (Å²) in [6.45, 7) is 6.78. The van der Waals surface area contributed by atoms with E-state index in [9.17, 15) is 4.79 Å². The van der Waals surface area contributed by atoms with Gasteiger partial charge in [0.05, 0.1) is 19.3 Å². The van der Waals surface area contributed by atoms with E-state index in [2.05, 4.69) is 25.2 Å². The fraction of sp³-hybridized carbons (Fsp3) is 0.400. The molecule has 0 bridgehead atoms. The lowest BCUT2D eigenvalue weighted by Gasteiger charge is -2.14. The van der Waals surface area contributed by atoms with Gasteiger partial charge in [0.2, 0.25) is 0 Å². The van der Waals surface area contributed by atoms with Gasteiger partial charge in [-0.05, 0) is 80.8 Å². The molecule has 0 fully saturated rings. The van der Waals surface area contributed by atoms with Gasteiger partial charge >= 0.3 is 0 Å². The molecule has 0 atom stereocenters. The number of para-hydroxylation sites is 1. The molecule has 1 heterocycles. The fourth-order valence-corrected chi connectivity index (χ4v) is 5.81. The van der Waals surface area contributed by atoms with Crippen LogP contribution in [-0.2, 0) is 12.8 Å². The number of aryl methyl sites for hydroxylation is 2. The minimum atomic E-state index is -0.0815. The predicted molar refractivity (Wildman–Crippen MR) is 150 cm³/mol. The molecule has 5 nitrogen and oxygen atoms in total. The van der Waals surface area contributed by atoms with Gasteiger partial charge in [-0.25, -0.2) is 4.99 Å². The summed E-state index contributed by atoms with van der Waals surface area (Å²) in [5.74, 6) is 1.28. The Morgan fingerprint density at radius 1 is 1.08 bits per heavy atom. The summed E-state index contributed by atoms with van der Waals surface area (Å²) in [5, 5.41) is 3.94. The Morgan fingerprint density at radius 3 is 2.64 bits per heavy atom.